The molecule has 3 aliphatic carbocycles. The van der Waals surface area contributed by atoms with Gasteiger partial charge in [0.15, 0.2) is 5.65 Å². The Bertz CT molecular complexity index is 1300. The third-order valence-corrected chi connectivity index (χ3v) is 8.44. The number of nitrogens with zero attached hydrogens (tertiary/aromatic N) is 3. The summed E-state index contributed by atoms with van der Waals surface area (Å²) in [5.41, 5.74) is 3.91. The fourth-order valence-electron chi connectivity index (χ4n) is 5.92. The van der Waals surface area contributed by atoms with Crippen molar-refractivity contribution in [3.05, 3.63) is 41.6 Å². The topological polar surface area (TPSA) is 104 Å². The lowest BCUT2D eigenvalue weighted by molar-refractivity contribution is -0.0715. The van der Waals surface area contributed by atoms with E-state index >= 15 is 0 Å². The van der Waals surface area contributed by atoms with Gasteiger partial charge in [0.2, 0.25) is 0 Å². The number of aliphatic hydroxyl groups is 1. The molecule has 3 saturated carbocycles. The van der Waals surface area contributed by atoms with Crippen molar-refractivity contribution >= 4 is 23.2 Å². The van der Waals surface area contributed by atoms with E-state index in [9.17, 15) is 9.90 Å². The van der Waals surface area contributed by atoms with Gasteiger partial charge in [-0.1, -0.05) is 31.9 Å². The number of hydrogen-bond donors (Lipinski definition) is 4. The van der Waals surface area contributed by atoms with Crippen LogP contribution in [0, 0.1) is 12.8 Å². The maximum atomic E-state index is 12.6. The van der Waals surface area contributed by atoms with Crippen molar-refractivity contribution in [1.82, 2.24) is 19.9 Å². The van der Waals surface area contributed by atoms with E-state index in [0.29, 0.717) is 18.0 Å². The van der Waals surface area contributed by atoms with Gasteiger partial charge in [-0.3, -0.25) is 4.79 Å². The summed E-state index contributed by atoms with van der Waals surface area (Å²) in [7, 11) is 0. The van der Waals surface area contributed by atoms with Gasteiger partial charge in [-0.2, -0.15) is 9.61 Å². The van der Waals surface area contributed by atoms with Crippen molar-refractivity contribution < 1.29 is 9.90 Å². The maximum absolute atomic E-state index is 12.6. The van der Waals surface area contributed by atoms with Crippen molar-refractivity contribution in [2.45, 2.75) is 89.3 Å². The van der Waals surface area contributed by atoms with Gasteiger partial charge in [0, 0.05) is 35.8 Å². The second-order valence-corrected chi connectivity index (χ2v) is 11.5. The standard InChI is InChI=1S/C29H38N6O2/c1-3-29(37)14-19(15-29)16-30-26-13-25(32-21-6-4-5-7-21)34-27-24(17-31-35(26)27)20-8-11-23(18(2)12-20)28(36)33-22-9-10-22/h8,11-13,17,19,21-22,30,37H,3-7,9-10,14-16H2,1-2H3,(H,32,34)(H,33,36). The maximum Gasteiger partial charge on any atom is 0.251 e. The molecule has 0 radical (unpaired) electrons. The largest absolute Gasteiger partial charge is 0.390 e. The number of rotatable bonds is 9. The first-order valence-corrected chi connectivity index (χ1v) is 13.9. The average molecular weight is 503 g/mol. The minimum Gasteiger partial charge on any atom is -0.390 e. The summed E-state index contributed by atoms with van der Waals surface area (Å²) in [5, 5.41) is 25.5. The Morgan fingerprint density at radius 2 is 1.92 bits per heavy atom. The molecule has 37 heavy (non-hydrogen) atoms. The van der Waals surface area contributed by atoms with E-state index in [0.717, 1.165) is 78.2 Å². The molecule has 3 fully saturated rings. The molecule has 0 bridgehead atoms. The van der Waals surface area contributed by atoms with Gasteiger partial charge < -0.3 is 21.1 Å². The van der Waals surface area contributed by atoms with E-state index < -0.39 is 5.60 Å². The van der Waals surface area contributed by atoms with Gasteiger partial charge in [0.25, 0.3) is 5.91 Å². The minimum atomic E-state index is -0.493. The van der Waals surface area contributed by atoms with Crippen molar-refractivity contribution in [1.29, 1.82) is 0 Å². The molecule has 1 amide bonds. The fraction of sp³-hybridized carbons (Fsp3) is 0.552. The molecular formula is C29H38N6O2. The molecule has 0 atom stereocenters. The summed E-state index contributed by atoms with van der Waals surface area (Å²) in [6.45, 7) is 4.83. The van der Waals surface area contributed by atoms with Crippen LogP contribution < -0.4 is 16.0 Å². The van der Waals surface area contributed by atoms with Crippen LogP contribution in [-0.4, -0.2) is 49.8 Å². The Balaban J connectivity index is 1.29. The Kier molecular flexibility index (Phi) is 6.31. The first-order chi connectivity index (χ1) is 17.9. The van der Waals surface area contributed by atoms with Crippen LogP contribution in [0.15, 0.2) is 30.5 Å². The highest BCUT2D eigenvalue weighted by Crippen LogP contribution is 2.40. The van der Waals surface area contributed by atoms with Gasteiger partial charge in [-0.15, -0.1) is 0 Å². The lowest BCUT2D eigenvalue weighted by Gasteiger charge is -2.43. The molecule has 3 aliphatic rings. The smallest absolute Gasteiger partial charge is 0.251 e. The number of carbonyl (C=O) groups excluding carboxylic acids is 1. The van der Waals surface area contributed by atoms with Crippen LogP contribution in [-0.2, 0) is 0 Å². The Morgan fingerprint density at radius 1 is 1.14 bits per heavy atom. The number of amides is 1. The fourth-order valence-corrected chi connectivity index (χ4v) is 5.92. The summed E-state index contributed by atoms with van der Waals surface area (Å²) in [6, 6.07) is 8.82. The van der Waals surface area contributed by atoms with E-state index in [1.807, 2.05) is 29.8 Å². The molecule has 196 valence electrons. The third kappa shape index (κ3) is 5.04. The number of anilines is 2. The Morgan fingerprint density at radius 3 is 2.62 bits per heavy atom. The Labute approximate surface area is 218 Å². The molecule has 2 aromatic heterocycles. The van der Waals surface area contributed by atoms with Crippen LogP contribution >= 0.6 is 0 Å². The zero-order chi connectivity index (χ0) is 25.6. The van der Waals surface area contributed by atoms with Gasteiger partial charge in [0.1, 0.15) is 11.6 Å². The number of carbonyl (C=O) groups is 1. The number of hydrogen-bond acceptors (Lipinski definition) is 6. The van der Waals surface area contributed by atoms with Gasteiger partial charge in [-0.05, 0) is 75.0 Å². The van der Waals surface area contributed by atoms with E-state index in [2.05, 4.69) is 35.0 Å². The van der Waals surface area contributed by atoms with E-state index in [4.69, 9.17) is 10.1 Å². The van der Waals surface area contributed by atoms with Crippen molar-refractivity contribution in [3.8, 4) is 11.1 Å². The predicted molar refractivity (Wildman–Crippen MR) is 146 cm³/mol. The van der Waals surface area contributed by atoms with E-state index in [-0.39, 0.29) is 5.91 Å². The molecule has 8 nitrogen and oxygen atoms in total. The van der Waals surface area contributed by atoms with Gasteiger partial charge in [-0.25, -0.2) is 4.98 Å². The van der Waals surface area contributed by atoms with Crippen LogP contribution in [0.5, 0.6) is 0 Å². The monoisotopic (exact) mass is 502 g/mol. The number of aryl methyl sites for hydroxylation is 1. The molecule has 6 rings (SSSR count). The predicted octanol–water partition coefficient (Wildman–Crippen LogP) is 4.91. The second kappa shape index (κ2) is 9.63. The normalized spacial score (nSPS) is 23.7. The van der Waals surface area contributed by atoms with Crippen LogP contribution in [0.3, 0.4) is 0 Å². The van der Waals surface area contributed by atoms with Crippen LogP contribution in [0.4, 0.5) is 11.6 Å². The number of benzene rings is 1. The summed E-state index contributed by atoms with van der Waals surface area (Å²) in [5.74, 6) is 2.22. The minimum absolute atomic E-state index is 0.00467. The highest BCUT2D eigenvalue weighted by Gasteiger charge is 2.40. The quantitative estimate of drug-likeness (QED) is 0.331. The lowest BCUT2D eigenvalue weighted by atomic mass is 9.69. The summed E-state index contributed by atoms with van der Waals surface area (Å²) < 4.78 is 1.88. The number of nitrogens with one attached hydrogen (secondary N) is 3. The zero-order valence-electron chi connectivity index (χ0n) is 21.9. The zero-order valence-corrected chi connectivity index (χ0v) is 21.9. The summed E-state index contributed by atoms with van der Waals surface area (Å²) in [6.07, 6.45) is 11.3. The first-order valence-electron chi connectivity index (χ1n) is 13.9. The highest BCUT2D eigenvalue weighted by molar-refractivity contribution is 5.97. The van der Waals surface area contributed by atoms with Crippen molar-refractivity contribution in [2.24, 2.45) is 5.92 Å². The highest BCUT2D eigenvalue weighted by atomic mass is 16.3. The molecule has 8 heteroatoms. The third-order valence-electron chi connectivity index (χ3n) is 8.44. The first kappa shape index (κ1) is 24.2. The number of aromatic nitrogens is 3. The van der Waals surface area contributed by atoms with Gasteiger partial charge in [0.05, 0.1) is 11.8 Å². The van der Waals surface area contributed by atoms with E-state index in [1.54, 1.807) is 0 Å². The molecule has 4 N–H and O–H groups in total. The Hall–Kier alpha value is -3.13. The molecule has 0 aliphatic heterocycles. The molecular weight excluding hydrogens is 464 g/mol. The summed E-state index contributed by atoms with van der Waals surface area (Å²) in [4.78, 5) is 17.6. The van der Waals surface area contributed by atoms with Crippen molar-refractivity contribution in [3.63, 3.8) is 0 Å². The van der Waals surface area contributed by atoms with Crippen molar-refractivity contribution in [2.75, 3.05) is 17.2 Å². The van der Waals surface area contributed by atoms with E-state index in [1.165, 1.54) is 25.7 Å². The SMILES string of the molecule is CCC1(O)CC(CNc2cc(NC3CCCC3)nc3c(-c4ccc(C(=O)NC5CC5)c(C)c4)cnn23)C1. The lowest BCUT2D eigenvalue weighted by Crippen LogP contribution is -2.45. The summed E-state index contributed by atoms with van der Waals surface area (Å²) >= 11 is 0. The molecule has 1 aromatic carbocycles. The molecule has 0 unspecified atom stereocenters. The molecule has 2 heterocycles. The van der Waals surface area contributed by atoms with Crippen LogP contribution in [0.2, 0.25) is 0 Å². The van der Waals surface area contributed by atoms with Crippen LogP contribution in [0.1, 0.15) is 80.6 Å². The second-order valence-electron chi connectivity index (χ2n) is 11.5. The average Bonchev–Trinajstić information content (AvgIpc) is 3.34. The van der Waals surface area contributed by atoms with Crippen LogP contribution in [0.25, 0.3) is 16.8 Å². The molecule has 0 saturated heterocycles. The molecule has 3 aromatic rings. The molecule has 0 spiro atoms. The number of fused-ring (bicyclic) bond motifs is 1. The van der Waals surface area contributed by atoms with Gasteiger partial charge >= 0.3 is 0 Å².